The third kappa shape index (κ3) is 3.87. The van der Waals surface area contributed by atoms with Crippen molar-refractivity contribution in [3.63, 3.8) is 0 Å². The second-order valence-electron chi connectivity index (χ2n) is 4.06. The minimum atomic E-state index is -0.349. The normalized spacial score (nSPS) is 9.85. The van der Waals surface area contributed by atoms with Gasteiger partial charge < -0.3 is 10.1 Å². The van der Waals surface area contributed by atoms with Crippen LogP contribution in [0.25, 0.3) is 0 Å². The molecule has 0 fully saturated rings. The third-order valence-electron chi connectivity index (χ3n) is 2.66. The highest BCUT2D eigenvalue weighted by Crippen LogP contribution is 2.20. The molecule has 2 rings (SSSR count). The first kappa shape index (κ1) is 14.2. The van der Waals surface area contributed by atoms with E-state index >= 15 is 0 Å². The summed E-state index contributed by atoms with van der Waals surface area (Å²) in [4.78, 5) is 0. The third-order valence-corrected chi connectivity index (χ3v) is 3.01. The molecule has 0 saturated heterocycles. The van der Waals surface area contributed by atoms with Crippen LogP contribution >= 0.6 is 11.6 Å². The van der Waals surface area contributed by atoms with Crippen LogP contribution in [0.5, 0.6) is 5.75 Å². The lowest BCUT2D eigenvalue weighted by Crippen LogP contribution is -2.00. The zero-order valence-electron chi connectivity index (χ0n) is 10.6. The molecule has 1 N–H and O–H groups in total. The molecule has 0 aliphatic rings. The van der Waals surface area contributed by atoms with Gasteiger partial charge in [0.1, 0.15) is 17.6 Å². The Bertz CT molecular complexity index is 623. The van der Waals surface area contributed by atoms with E-state index in [1.807, 2.05) is 18.2 Å². The van der Waals surface area contributed by atoms with Crippen molar-refractivity contribution in [3.05, 3.63) is 58.9 Å². The smallest absolute Gasteiger partial charge is 0.174 e. The Morgan fingerprint density at radius 2 is 1.95 bits per heavy atom. The molecule has 2 aromatic carbocycles. The Balaban J connectivity index is 1.95. The van der Waals surface area contributed by atoms with E-state index in [0.717, 1.165) is 11.3 Å². The number of nitrogens with zero attached hydrogens (tertiary/aromatic N) is 1. The Kier molecular flexibility index (Phi) is 4.80. The average Bonchev–Trinajstić information content (AvgIpc) is 2.45. The van der Waals surface area contributed by atoms with Gasteiger partial charge in [0, 0.05) is 17.3 Å². The zero-order valence-corrected chi connectivity index (χ0v) is 11.3. The van der Waals surface area contributed by atoms with Crippen LogP contribution < -0.4 is 10.1 Å². The lowest BCUT2D eigenvalue weighted by Gasteiger charge is -2.09. The molecule has 20 heavy (non-hydrogen) atoms. The Hall–Kier alpha value is -2.25. The minimum Gasteiger partial charge on any atom is -0.479 e. The molecule has 0 heterocycles. The van der Waals surface area contributed by atoms with Crippen molar-refractivity contribution in [1.82, 2.24) is 0 Å². The fourth-order valence-corrected chi connectivity index (χ4v) is 1.88. The summed E-state index contributed by atoms with van der Waals surface area (Å²) in [6.07, 6.45) is 0. The van der Waals surface area contributed by atoms with Gasteiger partial charge in [-0.3, -0.25) is 0 Å². The molecule has 3 nitrogen and oxygen atoms in total. The predicted molar refractivity (Wildman–Crippen MR) is 76.3 cm³/mol. The van der Waals surface area contributed by atoms with Crippen molar-refractivity contribution in [2.75, 3.05) is 11.9 Å². The van der Waals surface area contributed by atoms with Crippen LogP contribution in [0.3, 0.4) is 0 Å². The van der Waals surface area contributed by atoms with E-state index in [1.54, 1.807) is 18.2 Å². The Morgan fingerprint density at radius 1 is 1.20 bits per heavy atom. The van der Waals surface area contributed by atoms with E-state index in [4.69, 9.17) is 21.6 Å². The molecule has 0 saturated carbocycles. The summed E-state index contributed by atoms with van der Waals surface area (Å²) in [7, 11) is 0. The molecule has 102 valence electrons. The molecule has 0 unspecified atom stereocenters. The molecule has 2 aromatic rings. The van der Waals surface area contributed by atoms with Gasteiger partial charge in [0.2, 0.25) is 0 Å². The number of nitriles is 1. The van der Waals surface area contributed by atoms with Gasteiger partial charge in [0.25, 0.3) is 0 Å². The van der Waals surface area contributed by atoms with Crippen LogP contribution in [-0.4, -0.2) is 6.61 Å². The molecule has 0 aromatic heterocycles. The van der Waals surface area contributed by atoms with Crippen LogP contribution in [-0.2, 0) is 6.54 Å². The summed E-state index contributed by atoms with van der Waals surface area (Å²) < 4.78 is 18.1. The number of benzene rings is 2. The van der Waals surface area contributed by atoms with Gasteiger partial charge in [0.15, 0.2) is 6.61 Å². The van der Waals surface area contributed by atoms with Gasteiger partial charge >= 0.3 is 0 Å². The monoisotopic (exact) mass is 290 g/mol. The topological polar surface area (TPSA) is 45.0 Å². The summed E-state index contributed by atoms with van der Waals surface area (Å²) in [5.41, 5.74) is 1.70. The van der Waals surface area contributed by atoms with Crippen LogP contribution in [0.15, 0.2) is 42.5 Å². The molecule has 0 bridgehead atoms. The fraction of sp³-hybridized carbons (Fsp3) is 0.133. The zero-order chi connectivity index (χ0) is 14.4. The molecule has 0 spiro atoms. The fourth-order valence-electron chi connectivity index (χ4n) is 1.65. The summed E-state index contributed by atoms with van der Waals surface area (Å²) in [6, 6.07) is 13.4. The van der Waals surface area contributed by atoms with Crippen LogP contribution in [0.1, 0.15) is 5.56 Å². The van der Waals surface area contributed by atoms with E-state index in [9.17, 15) is 4.39 Å². The van der Waals surface area contributed by atoms with Crippen molar-refractivity contribution in [2.45, 2.75) is 6.54 Å². The maximum Gasteiger partial charge on any atom is 0.174 e. The summed E-state index contributed by atoms with van der Waals surface area (Å²) in [5, 5.41) is 12.0. The van der Waals surface area contributed by atoms with Crippen molar-refractivity contribution in [2.24, 2.45) is 0 Å². The molecule has 0 aliphatic carbocycles. The number of halogens is 2. The molecule has 0 amide bonds. The quantitative estimate of drug-likeness (QED) is 0.905. The van der Waals surface area contributed by atoms with Gasteiger partial charge in [0.05, 0.1) is 0 Å². The second kappa shape index (κ2) is 6.78. The van der Waals surface area contributed by atoms with E-state index in [2.05, 4.69) is 5.32 Å². The first-order chi connectivity index (χ1) is 9.69. The number of ether oxygens (including phenoxy) is 1. The van der Waals surface area contributed by atoms with Gasteiger partial charge in [-0.25, -0.2) is 4.39 Å². The van der Waals surface area contributed by atoms with Crippen LogP contribution in [0.4, 0.5) is 10.1 Å². The lowest BCUT2D eigenvalue weighted by molar-refractivity contribution is 0.368. The number of hydrogen-bond donors (Lipinski definition) is 1. The molecular weight excluding hydrogens is 279 g/mol. The largest absolute Gasteiger partial charge is 0.479 e. The lowest BCUT2D eigenvalue weighted by atomic mass is 10.2. The maximum atomic E-state index is 12.9. The number of anilines is 1. The summed E-state index contributed by atoms with van der Waals surface area (Å²) in [6.45, 7) is 0.523. The van der Waals surface area contributed by atoms with Crippen molar-refractivity contribution in [1.29, 1.82) is 5.26 Å². The molecule has 5 heteroatoms. The molecular formula is C15H12ClFN2O. The van der Waals surface area contributed by atoms with E-state index in [0.29, 0.717) is 17.3 Å². The molecule has 0 radical (unpaired) electrons. The predicted octanol–water partition coefficient (Wildman–Crippen LogP) is 3.99. The number of nitrogens with one attached hydrogen (secondary N) is 1. The van der Waals surface area contributed by atoms with Gasteiger partial charge in [-0.2, -0.15) is 5.26 Å². The van der Waals surface area contributed by atoms with Gasteiger partial charge in [-0.1, -0.05) is 17.7 Å². The molecule has 0 atom stereocenters. The summed E-state index contributed by atoms with van der Waals surface area (Å²) >= 11 is 5.95. The highest BCUT2D eigenvalue weighted by atomic mass is 35.5. The van der Waals surface area contributed by atoms with Crippen LogP contribution in [0, 0.1) is 17.1 Å². The van der Waals surface area contributed by atoms with E-state index < -0.39 is 0 Å². The maximum absolute atomic E-state index is 12.9. The van der Waals surface area contributed by atoms with Crippen LogP contribution in [0.2, 0.25) is 5.02 Å². The average molecular weight is 291 g/mol. The number of hydrogen-bond acceptors (Lipinski definition) is 3. The minimum absolute atomic E-state index is 0.0258. The van der Waals surface area contributed by atoms with E-state index in [-0.39, 0.29) is 12.4 Å². The molecule has 0 aliphatic heterocycles. The standard InChI is InChI=1S/C15H12ClFN2O/c16-15-9-12(17)2-1-11(15)10-19-13-3-5-14(6-4-13)20-8-7-18/h1-6,9,19H,8,10H2. The second-order valence-corrected chi connectivity index (χ2v) is 4.47. The van der Waals surface area contributed by atoms with E-state index in [1.165, 1.54) is 12.1 Å². The Morgan fingerprint density at radius 3 is 2.60 bits per heavy atom. The number of rotatable bonds is 5. The SMILES string of the molecule is N#CCOc1ccc(NCc2ccc(F)cc2Cl)cc1. The first-order valence-corrected chi connectivity index (χ1v) is 6.34. The van der Waals surface area contributed by atoms with Gasteiger partial charge in [-0.15, -0.1) is 0 Å². The van der Waals surface area contributed by atoms with Crippen molar-refractivity contribution in [3.8, 4) is 11.8 Å². The highest BCUT2D eigenvalue weighted by Gasteiger charge is 2.02. The van der Waals surface area contributed by atoms with Crippen molar-refractivity contribution >= 4 is 17.3 Å². The van der Waals surface area contributed by atoms with Crippen molar-refractivity contribution < 1.29 is 9.13 Å². The summed E-state index contributed by atoms with van der Waals surface area (Å²) in [5.74, 6) is 0.287. The first-order valence-electron chi connectivity index (χ1n) is 5.96. The van der Waals surface area contributed by atoms with Gasteiger partial charge in [-0.05, 0) is 42.0 Å². The Labute approximate surface area is 121 Å². The highest BCUT2D eigenvalue weighted by molar-refractivity contribution is 6.31.